The third-order valence-corrected chi connectivity index (χ3v) is 7.77. The van der Waals surface area contributed by atoms with E-state index in [-0.39, 0.29) is 17.4 Å². The number of hydrogen-bond donors (Lipinski definition) is 0. The lowest BCUT2D eigenvalue weighted by Crippen LogP contribution is -2.30. The number of nitrogens with zero attached hydrogens (tertiary/aromatic N) is 3. The maximum absolute atomic E-state index is 13.5. The average Bonchev–Trinajstić information content (AvgIpc) is 3.12. The van der Waals surface area contributed by atoms with Gasteiger partial charge in [0.25, 0.3) is 5.56 Å². The van der Waals surface area contributed by atoms with Crippen LogP contribution in [0.2, 0.25) is 10.0 Å². The van der Waals surface area contributed by atoms with Crippen molar-refractivity contribution in [3.8, 4) is 0 Å². The minimum atomic E-state index is -0.263. The second kappa shape index (κ2) is 11.1. The summed E-state index contributed by atoms with van der Waals surface area (Å²) in [6.07, 6.45) is 4.05. The van der Waals surface area contributed by atoms with Gasteiger partial charge in [-0.2, -0.15) is 5.10 Å². The molecule has 0 aliphatic carbocycles. The highest BCUT2D eigenvalue weighted by Crippen LogP contribution is 2.27. The molecule has 0 saturated carbocycles. The third kappa shape index (κ3) is 5.49. The van der Waals surface area contributed by atoms with Crippen molar-refractivity contribution >= 4 is 34.0 Å². The van der Waals surface area contributed by atoms with Crippen LogP contribution < -0.4 is 5.56 Å². The van der Waals surface area contributed by atoms with Crippen LogP contribution in [0.15, 0.2) is 71.5 Å². The Kier molecular flexibility index (Phi) is 7.70. The molecule has 186 valence electrons. The van der Waals surface area contributed by atoms with Crippen LogP contribution in [0, 0.1) is 5.82 Å². The van der Waals surface area contributed by atoms with Gasteiger partial charge in [-0.3, -0.25) is 4.79 Å². The molecule has 1 atom stereocenters. The summed E-state index contributed by atoms with van der Waals surface area (Å²) in [6, 6.07) is 19.8. The number of benzene rings is 3. The SMILES string of the molecule is O=c1c2ccccc2c(Cc2ccc(F)cc2)nn1C1CCCN(CCc2c(Cl)cccc2Cl)CC1. The van der Waals surface area contributed by atoms with E-state index < -0.39 is 0 Å². The van der Waals surface area contributed by atoms with Crippen molar-refractivity contribution in [3.05, 3.63) is 110 Å². The Morgan fingerprint density at radius 2 is 1.61 bits per heavy atom. The molecule has 4 nitrogen and oxygen atoms in total. The minimum absolute atomic E-state index is 0.0305. The van der Waals surface area contributed by atoms with Gasteiger partial charge >= 0.3 is 0 Å². The summed E-state index contributed by atoms with van der Waals surface area (Å²) >= 11 is 12.7. The van der Waals surface area contributed by atoms with Crippen molar-refractivity contribution in [2.75, 3.05) is 19.6 Å². The molecule has 7 heteroatoms. The van der Waals surface area contributed by atoms with Gasteiger partial charge in [0.15, 0.2) is 0 Å². The fourth-order valence-electron chi connectivity index (χ4n) is 5.10. The van der Waals surface area contributed by atoms with E-state index in [4.69, 9.17) is 28.3 Å². The molecular formula is C29H28Cl2FN3O. The standard InChI is InChI=1S/C29H28Cl2FN3O/c30-26-8-3-9-27(31)25(26)15-18-34-16-4-5-22(14-17-34)35-29(36)24-7-2-1-6-23(24)28(33-35)19-20-10-12-21(32)13-11-20/h1-3,6-13,22H,4-5,14-19H2. The predicted molar refractivity (Wildman–Crippen MR) is 145 cm³/mol. The van der Waals surface area contributed by atoms with Gasteiger partial charge in [-0.05, 0) is 73.7 Å². The second-order valence-electron chi connectivity index (χ2n) is 9.42. The molecule has 0 radical (unpaired) electrons. The van der Waals surface area contributed by atoms with Crippen molar-refractivity contribution in [1.82, 2.24) is 14.7 Å². The molecule has 0 spiro atoms. The van der Waals surface area contributed by atoms with Gasteiger partial charge in [0, 0.05) is 34.9 Å². The lowest BCUT2D eigenvalue weighted by molar-refractivity contribution is 0.281. The molecule has 1 saturated heterocycles. The summed E-state index contributed by atoms with van der Waals surface area (Å²) in [4.78, 5) is 15.9. The number of hydrogen-bond acceptors (Lipinski definition) is 3. The average molecular weight is 524 g/mol. The van der Waals surface area contributed by atoms with Crippen LogP contribution in [0.3, 0.4) is 0 Å². The van der Waals surface area contributed by atoms with Crippen LogP contribution in [0.25, 0.3) is 10.8 Å². The van der Waals surface area contributed by atoms with Gasteiger partial charge in [-0.1, -0.05) is 59.6 Å². The highest BCUT2D eigenvalue weighted by Gasteiger charge is 2.22. The van der Waals surface area contributed by atoms with E-state index >= 15 is 0 Å². The molecule has 0 N–H and O–H groups in total. The van der Waals surface area contributed by atoms with Crippen LogP contribution in [0.4, 0.5) is 4.39 Å². The van der Waals surface area contributed by atoms with Gasteiger partial charge in [0.1, 0.15) is 5.82 Å². The zero-order chi connectivity index (χ0) is 25.1. The van der Waals surface area contributed by atoms with Crippen molar-refractivity contribution in [3.63, 3.8) is 0 Å². The van der Waals surface area contributed by atoms with Gasteiger partial charge in [-0.25, -0.2) is 9.07 Å². The number of fused-ring (bicyclic) bond motifs is 1. The molecule has 1 unspecified atom stereocenters. The van der Waals surface area contributed by atoms with E-state index in [1.807, 2.05) is 42.5 Å². The molecule has 0 amide bonds. The normalized spacial score (nSPS) is 16.8. The number of aromatic nitrogens is 2. The van der Waals surface area contributed by atoms with Crippen LogP contribution >= 0.6 is 23.2 Å². The quantitative estimate of drug-likeness (QED) is 0.282. The maximum Gasteiger partial charge on any atom is 0.274 e. The number of rotatable bonds is 6. The largest absolute Gasteiger partial charge is 0.303 e. The Morgan fingerprint density at radius 1 is 0.889 bits per heavy atom. The van der Waals surface area contributed by atoms with E-state index in [0.717, 1.165) is 67.5 Å². The van der Waals surface area contributed by atoms with Crippen molar-refractivity contribution in [2.45, 2.75) is 38.1 Å². The van der Waals surface area contributed by atoms with Crippen molar-refractivity contribution in [2.24, 2.45) is 0 Å². The Morgan fingerprint density at radius 3 is 2.36 bits per heavy atom. The summed E-state index contributed by atoms with van der Waals surface area (Å²) in [7, 11) is 0. The highest BCUT2D eigenvalue weighted by molar-refractivity contribution is 6.36. The first-order chi connectivity index (χ1) is 17.5. The molecule has 0 bridgehead atoms. The van der Waals surface area contributed by atoms with E-state index in [1.54, 1.807) is 16.8 Å². The Hall–Kier alpha value is -2.73. The van der Waals surface area contributed by atoms with Crippen LogP contribution in [0.5, 0.6) is 0 Å². The predicted octanol–water partition coefficient (Wildman–Crippen LogP) is 6.70. The summed E-state index contributed by atoms with van der Waals surface area (Å²) in [5.41, 5.74) is 2.74. The first kappa shape index (κ1) is 24.9. The third-order valence-electron chi connectivity index (χ3n) is 7.07. The van der Waals surface area contributed by atoms with Gasteiger partial charge < -0.3 is 4.90 Å². The maximum atomic E-state index is 13.5. The zero-order valence-corrected chi connectivity index (χ0v) is 21.5. The Balaban J connectivity index is 1.36. The fourth-order valence-corrected chi connectivity index (χ4v) is 5.68. The minimum Gasteiger partial charge on any atom is -0.303 e. The Labute approximate surface area is 220 Å². The van der Waals surface area contributed by atoms with Crippen LogP contribution in [0.1, 0.15) is 42.1 Å². The lowest BCUT2D eigenvalue weighted by Gasteiger charge is -2.21. The first-order valence-electron chi connectivity index (χ1n) is 12.4. The zero-order valence-electron chi connectivity index (χ0n) is 20.0. The molecule has 1 aromatic heterocycles. The number of halogens is 3. The highest BCUT2D eigenvalue weighted by atomic mass is 35.5. The molecule has 36 heavy (non-hydrogen) atoms. The smallest absolute Gasteiger partial charge is 0.274 e. The molecule has 1 aliphatic rings. The molecular weight excluding hydrogens is 496 g/mol. The summed E-state index contributed by atoms with van der Waals surface area (Å²) in [6.45, 7) is 2.70. The van der Waals surface area contributed by atoms with E-state index in [0.29, 0.717) is 21.9 Å². The fraction of sp³-hybridized carbons (Fsp3) is 0.310. The van der Waals surface area contributed by atoms with Crippen molar-refractivity contribution in [1.29, 1.82) is 0 Å². The summed E-state index contributed by atoms with van der Waals surface area (Å²) in [5.74, 6) is -0.263. The Bertz CT molecular complexity index is 1400. The molecule has 1 fully saturated rings. The van der Waals surface area contributed by atoms with Crippen molar-refractivity contribution < 1.29 is 4.39 Å². The van der Waals surface area contributed by atoms with E-state index in [2.05, 4.69) is 4.90 Å². The molecule has 5 rings (SSSR count). The van der Waals surface area contributed by atoms with Gasteiger partial charge in [0.05, 0.1) is 17.1 Å². The van der Waals surface area contributed by atoms with Gasteiger partial charge in [0.2, 0.25) is 0 Å². The molecule has 4 aromatic rings. The van der Waals surface area contributed by atoms with Crippen LogP contribution in [-0.4, -0.2) is 34.3 Å². The topological polar surface area (TPSA) is 38.1 Å². The lowest BCUT2D eigenvalue weighted by atomic mass is 10.0. The molecule has 1 aliphatic heterocycles. The monoisotopic (exact) mass is 523 g/mol. The molecule has 2 heterocycles. The molecule has 3 aromatic carbocycles. The van der Waals surface area contributed by atoms with Gasteiger partial charge in [-0.15, -0.1) is 0 Å². The summed E-state index contributed by atoms with van der Waals surface area (Å²) in [5, 5.41) is 7.83. The second-order valence-corrected chi connectivity index (χ2v) is 10.2. The van der Waals surface area contributed by atoms with Crippen LogP contribution in [-0.2, 0) is 12.8 Å². The first-order valence-corrected chi connectivity index (χ1v) is 13.2. The van der Waals surface area contributed by atoms with E-state index in [1.165, 1.54) is 12.1 Å². The van der Waals surface area contributed by atoms with E-state index in [9.17, 15) is 9.18 Å². The number of likely N-dealkylation sites (tertiary alicyclic amines) is 1. The summed E-state index contributed by atoms with van der Waals surface area (Å²) < 4.78 is 15.1.